The van der Waals surface area contributed by atoms with Gasteiger partial charge in [0, 0.05) is 18.2 Å². The number of carbonyl (C=O) groups is 1. The van der Waals surface area contributed by atoms with Crippen molar-refractivity contribution in [3.63, 3.8) is 0 Å². The summed E-state index contributed by atoms with van der Waals surface area (Å²) in [4.78, 5) is 11.4. The second-order valence-electron chi connectivity index (χ2n) is 3.76. The number of benzene rings is 1. The number of halogens is 1. The fourth-order valence-electron chi connectivity index (χ4n) is 1.20. The highest BCUT2D eigenvalue weighted by molar-refractivity contribution is 5.90. The van der Waals surface area contributed by atoms with Crippen LogP contribution in [0.15, 0.2) is 18.2 Å². The molecule has 4 N–H and O–H groups in total. The van der Waals surface area contributed by atoms with Gasteiger partial charge in [-0.05, 0) is 24.6 Å². The quantitative estimate of drug-likeness (QED) is 0.680. The summed E-state index contributed by atoms with van der Waals surface area (Å²) in [5.41, 5.74) is 5.71. The molecule has 0 heterocycles. The monoisotopic (exact) mass is 226 g/mol. The van der Waals surface area contributed by atoms with Gasteiger partial charge in [0.05, 0.1) is 0 Å². The molecule has 16 heavy (non-hydrogen) atoms. The Morgan fingerprint density at radius 1 is 1.62 bits per heavy atom. The minimum atomic E-state index is -0.760. The number of phenols is 1. The highest BCUT2D eigenvalue weighted by Gasteiger charge is 2.09. The van der Waals surface area contributed by atoms with E-state index in [1.54, 1.807) is 0 Å². The Labute approximate surface area is 93.3 Å². The van der Waals surface area contributed by atoms with Gasteiger partial charge in [-0.15, -0.1) is 0 Å². The summed E-state index contributed by atoms with van der Waals surface area (Å²) in [5, 5.41) is 11.5. The van der Waals surface area contributed by atoms with E-state index < -0.39 is 11.6 Å². The fraction of sp³-hybridized carbons (Fsp3) is 0.364. The highest BCUT2D eigenvalue weighted by Crippen LogP contribution is 2.19. The minimum absolute atomic E-state index is 0.0851. The van der Waals surface area contributed by atoms with E-state index in [2.05, 4.69) is 5.32 Å². The summed E-state index contributed by atoms with van der Waals surface area (Å²) in [7, 11) is 0. The van der Waals surface area contributed by atoms with Crippen LogP contribution in [-0.2, 0) is 4.79 Å². The number of aromatic hydroxyl groups is 1. The molecule has 0 saturated heterocycles. The molecule has 0 fully saturated rings. The van der Waals surface area contributed by atoms with E-state index in [0.29, 0.717) is 18.7 Å². The molecule has 0 aliphatic rings. The summed E-state index contributed by atoms with van der Waals surface area (Å²) in [6.07, 6.45) is 0.291. The molecule has 1 unspecified atom stereocenters. The Bertz CT molecular complexity index is 382. The van der Waals surface area contributed by atoms with Crippen LogP contribution in [0.4, 0.5) is 10.1 Å². The number of carbonyl (C=O) groups excluding carboxylic acids is 1. The van der Waals surface area contributed by atoms with Crippen molar-refractivity contribution in [1.29, 1.82) is 0 Å². The van der Waals surface area contributed by atoms with Crippen molar-refractivity contribution >= 4 is 11.6 Å². The van der Waals surface area contributed by atoms with Gasteiger partial charge >= 0.3 is 0 Å². The van der Waals surface area contributed by atoms with Gasteiger partial charge in [0.2, 0.25) is 5.91 Å². The maximum absolute atomic E-state index is 12.9. The number of rotatable bonds is 4. The van der Waals surface area contributed by atoms with Crippen LogP contribution >= 0.6 is 0 Å². The van der Waals surface area contributed by atoms with Crippen molar-refractivity contribution in [3.05, 3.63) is 24.0 Å². The molecule has 1 aromatic rings. The molecule has 4 nitrogen and oxygen atoms in total. The Hall–Kier alpha value is -1.62. The molecule has 1 aromatic carbocycles. The first-order valence-electron chi connectivity index (χ1n) is 5.01. The lowest BCUT2D eigenvalue weighted by molar-refractivity contribution is -0.116. The molecule has 1 atom stereocenters. The minimum Gasteiger partial charge on any atom is -0.505 e. The molecule has 0 saturated carbocycles. The highest BCUT2D eigenvalue weighted by atomic mass is 19.1. The smallest absolute Gasteiger partial charge is 0.224 e. The largest absolute Gasteiger partial charge is 0.505 e. The van der Waals surface area contributed by atoms with Crippen LogP contribution in [0.25, 0.3) is 0 Å². The molecule has 0 aliphatic carbocycles. The van der Waals surface area contributed by atoms with Crippen molar-refractivity contribution in [3.8, 4) is 5.75 Å². The van der Waals surface area contributed by atoms with Gasteiger partial charge in [-0.2, -0.15) is 0 Å². The SMILES string of the molecule is CC(CN)CC(=O)Nc1ccc(O)c(F)c1. The van der Waals surface area contributed by atoms with Crippen molar-refractivity contribution < 1.29 is 14.3 Å². The van der Waals surface area contributed by atoms with Crippen LogP contribution in [-0.4, -0.2) is 17.6 Å². The molecule has 1 rings (SSSR count). The van der Waals surface area contributed by atoms with E-state index in [1.165, 1.54) is 12.1 Å². The zero-order chi connectivity index (χ0) is 12.1. The van der Waals surface area contributed by atoms with Crippen molar-refractivity contribution in [2.75, 3.05) is 11.9 Å². The number of hydrogen-bond donors (Lipinski definition) is 3. The van der Waals surface area contributed by atoms with E-state index in [0.717, 1.165) is 6.07 Å². The molecule has 0 aromatic heterocycles. The summed E-state index contributed by atoms with van der Waals surface area (Å²) in [6.45, 7) is 2.29. The Kier molecular flexibility index (Phi) is 4.25. The maximum Gasteiger partial charge on any atom is 0.224 e. The molecule has 0 aliphatic heterocycles. The molecule has 0 radical (unpaired) electrons. The van der Waals surface area contributed by atoms with Crippen molar-refractivity contribution in [2.45, 2.75) is 13.3 Å². The van der Waals surface area contributed by atoms with Gasteiger partial charge in [-0.25, -0.2) is 4.39 Å². The van der Waals surface area contributed by atoms with E-state index in [4.69, 9.17) is 10.8 Å². The average Bonchev–Trinajstić information content (AvgIpc) is 2.23. The Morgan fingerprint density at radius 2 is 2.31 bits per heavy atom. The van der Waals surface area contributed by atoms with Gasteiger partial charge in [0.25, 0.3) is 0 Å². The van der Waals surface area contributed by atoms with E-state index in [1.807, 2.05) is 6.92 Å². The lowest BCUT2D eigenvalue weighted by Crippen LogP contribution is -2.20. The van der Waals surface area contributed by atoms with Crippen molar-refractivity contribution in [2.24, 2.45) is 11.7 Å². The first-order chi connectivity index (χ1) is 7.52. The third kappa shape index (κ3) is 3.51. The van der Waals surface area contributed by atoms with E-state index in [9.17, 15) is 9.18 Å². The number of nitrogens with one attached hydrogen (secondary N) is 1. The lowest BCUT2D eigenvalue weighted by atomic mass is 10.1. The second-order valence-corrected chi connectivity index (χ2v) is 3.76. The number of phenolic OH excluding ortho intramolecular Hbond substituents is 1. The molecule has 88 valence electrons. The average molecular weight is 226 g/mol. The molecule has 5 heteroatoms. The van der Waals surface area contributed by atoms with Gasteiger partial charge in [0.1, 0.15) is 0 Å². The molecule has 0 bridgehead atoms. The normalized spacial score (nSPS) is 12.2. The lowest BCUT2D eigenvalue weighted by Gasteiger charge is -2.09. The zero-order valence-electron chi connectivity index (χ0n) is 9.03. The van der Waals surface area contributed by atoms with Crippen LogP contribution < -0.4 is 11.1 Å². The number of nitrogens with two attached hydrogens (primary N) is 1. The van der Waals surface area contributed by atoms with Gasteiger partial charge in [0.15, 0.2) is 11.6 Å². The Morgan fingerprint density at radius 3 is 2.88 bits per heavy atom. The predicted molar refractivity (Wildman–Crippen MR) is 59.5 cm³/mol. The van der Waals surface area contributed by atoms with Crippen LogP contribution in [0.1, 0.15) is 13.3 Å². The van der Waals surface area contributed by atoms with Gasteiger partial charge < -0.3 is 16.2 Å². The van der Waals surface area contributed by atoms with Crippen LogP contribution in [0.2, 0.25) is 0 Å². The van der Waals surface area contributed by atoms with Crippen LogP contribution in [0, 0.1) is 11.7 Å². The van der Waals surface area contributed by atoms with E-state index in [-0.39, 0.29) is 11.8 Å². The van der Waals surface area contributed by atoms with Gasteiger partial charge in [-0.3, -0.25) is 4.79 Å². The summed E-state index contributed by atoms with van der Waals surface area (Å²) >= 11 is 0. The predicted octanol–water partition coefficient (Wildman–Crippen LogP) is 1.45. The first-order valence-corrected chi connectivity index (χ1v) is 5.01. The summed E-state index contributed by atoms with van der Waals surface area (Å²) in [6, 6.07) is 3.70. The molecule has 1 amide bonds. The number of amides is 1. The Balaban J connectivity index is 2.59. The molecule has 0 spiro atoms. The third-order valence-electron chi connectivity index (χ3n) is 2.17. The topological polar surface area (TPSA) is 75.4 Å². The second kappa shape index (κ2) is 5.46. The van der Waals surface area contributed by atoms with Crippen molar-refractivity contribution in [1.82, 2.24) is 0 Å². The zero-order valence-corrected chi connectivity index (χ0v) is 9.03. The number of hydrogen-bond acceptors (Lipinski definition) is 3. The first kappa shape index (κ1) is 12.4. The van der Waals surface area contributed by atoms with E-state index >= 15 is 0 Å². The fourth-order valence-corrected chi connectivity index (χ4v) is 1.20. The molecular weight excluding hydrogens is 211 g/mol. The summed E-state index contributed by atoms with van der Waals surface area (Å²) < 4.78 is 12.9. The number of anilines is 1. The van der Waals surface area contributed by atoms with Crippen LogP contribution in [0.5, 0.6) is 5.75 Å². The summed E-state index contributed by atoms with van der Waals surface area (Å²) in [5.74, 6) is -1.33. The van der Waals surface area contributed by atoms with Crippen LogP contribution in [0.3, 0.4) is 0 Å². The van der Waals surface area contributed by atoms with Gasteiger partial charge in [-0.1, -0.05) is 6.92 Å². The molecular formula is C11H15FN2O2. The third-order valence-corrected chi connectivity index (χ3v) is 2.17. The maximum atomic E-state index is 12.9. The standard InChI is InChI=1S/C11H15FN2O2/c1-7(6-13)4-11(16)14-8-2-3-10(15)9(12)5-8/h2-3,5,7,15H,4,6,13H2,1H3,(H,14,16).